The molecule has 9 heteroatoms. The van der Waals surface area contributed by atoms with Gasteiger partial charge in [-0.2, -0.15) is 0 Å². The number of ether oxygens (including phenoxy) is 1. The number of nitrogens with one attached hydrogen (secondary N) is 1. The van der Waals surface area contributed by atoms with Gasteiger partial charge in [0.15, 0.2) is 0 Å². The number of imide groups is 1. The van der Waals surface area contributed by atoms with Crippen LogP contribution in [0, 0.1) is 5.82 Å². The predicted octanol–water partition coefficient (Wildman–Crippen LogP) is 4.85. The Morgan fingerprint density at radius 2 is 1.76 bits per heavy atom. The lowest BCUT2D eigenvalue weighted by Crippen LogP contribution is -2.37. The van der Waals surface area contributed by atoms with Crippen LogP contribution in [0.15, 0.2) is 72.8 Å². The molecule has 0 saturated carbocycles. The zero-order chi connectivity index (χ0) is 24.2. The highest BCUT2D eigenvalue weighted by Gasteiger charge is 2.46. The fourth-order valence-corrected chi connectivity index (χ4v) is 3.86. The van der Waals surface area contributed by atoms with E-state index in [1.165, 1.54) is 36.3 Å². The van der Waals surface area contributed by atoms with E-state index in [1.807, 2.05) is 0 Å². The standard InChI is InChI=1S/C25H21ClFN3O4/c1-34-21-4-2-3-16(13-21)15-29-22(14-23(31)28-19-9-5-17(26)6-10-19)24(32)30(25(29)33)20-11-7-18(27)8-12-20/h2-13,22H,14-15H2,1H3,(H,28,31). The van der Waals surface area contributed by atoms with Gasteiger partial charge in [0.2, 0.25) is 5.91 Å². The van der Waals surface area contributed by atoms with Gasteiger partial charge in [0.05, 0.1) is 19.2 Å². The summed E-state index contributed by atoms with van der Waals surface area (Å²) < 4.78 is 18.7. The van der Waals surface area contributed by atoms with Gasteiger partial charge in [-0.25, -0.2) is 14.1 Å². The Morgan fingerprint density at radius 3 is 2.44 bits per heavy atom. The largest absolute Gasteiger partial charge is 0.497 e. The van der Waals surface area contributed by atoms with Crippen molar-refractivity contribution in [2.75, 3.05) is 17.3 Å². The molecule has 0 aromatic heterocycles. The molecule has 1 aliphatic heterocycles. The minimum atomic E-state index is -1.05. The number of benzene rings is 3. The van der Waals surface area contributed by atoms with Gasteiger partial charge in [-0.15, -0.1) is 0 Å². The minimum absolute atomic E-state index is 0.0817. The van der Waals surface area contributed by atoms with Gasteiger partial charge in [0.1, 0.15) is 17.6 Å². The Labute approximate surface area is 200 Å². The van der Waals surface area contributed by atoms with Crippen LogP contribution in [0.3, 0.4) is 0 Å². The van der Waals surface area contributed by atoms with Gasteiger partial charge in [0, 0.05) is 17.3 Å². The van der Waals surface area contributed by atoms with Crippen LogP contribution in [0.4, 0.5) is 20.6 Å². The van der Waals surface area contributed by atoms with Crippen LogP contribution in [0.25, 0.3) is 0 Å². The predicted molar refractivity (Wildman–Crippen MR) is 126 cm³/mol. The van der Waals surface area contributed by atoms with Crippen molar-refractivity contribution in [2.24, 2.45) is 0 Å². The van der Waals surface area contributed by atoms with Gasteiger partial charge in [0.25, 0.3) is 5.91 Å². The summed E-state index contributed by atoms with van der Waals surface area (Å²) in [6.45, 7) is 0.0817. The monoisotopic (exact) mass is 481 g/mol. The molecule has 3 aromatic carbocycles. The third kappa shape index (κ3) is 5.02. The minimum Gasteiger partial charge on any atom is -0.497 e. The molecule has 4 amide bonds. The van der Waals surface area contributed by atoms with Crippen molar-refractivity contribution in [3.05, 3.63) is 89.2 Å². The lowest BCUT2D eigenvalue weighted by atomic mass is 10.1. The van der Waals surface area contributed by atoms with E-state index in [1.54, 1.807) is 48.5 Å². The molecule has 0 bridgehead atoms. The molecule has 0 radical (unpaired) electrons. The normalized spacial score (nSPS) is 15.6. The van der Waals surface area contributed by atoms with E-state index in [-0.39, 0.29) is 18.7 Å². The van der Waals surface area contributed by atoms with Crippen LogP contribution in [0.1, 0.15) is 12.0 Å². The highest BCUT2D eigenvalue weighted by Crippen LogP contribution is 2.29. The lowest BCUT2D eigenvalue weighted by molar-refractivity contribution is -0.124. The maximum atomic E-state index is 13.4. The summed E-state index contributed by atoms with van der Waals surface area (Å²) in [5.74, 6) is -0.895. The molecule has 7 nitrogen and oxygen atoms in total. The van der Waals surface area contributed by atoms with Crippen LogP contribution < -0.4 is 15.0 Å². The zero-order valence-corrected chi connectivity index (χ0v) is 19.0. The topological polar surface area (TPSA) is 79.0 Å². The van der Waals surface area contributed by atoms with Crippen LogP contribution in [0.5, 0.6) is 5.75 Å². The van der Waals surface area contributed by atoms with Crippen molar-refractivity contribution in [3.8, 4) is 5.75 Å². The molecule has 1 atom stereocenters. The average molecular weight is 482 g/mol. The number of urea groups is 1. The molecule has 3 aromatic rings. The van der Waals surface area contributed by atoms with Gasteiger partial charge in [-0.05, 0) is 66.2 Å². The maximum Gasteiger partial charge on any atom is 0.332 e. The number of hydrogen-bond donors (Lipinski definition) is 1. The molecule has 4 rings (SSSR count). The Hall–Kier alpha value is -3.91. The van der Waals surface area contributed by atoms with Gasteiger partial charge in [-0.1, -0.05) is 23.7 Å². The number of amides is 4. The highest BCUT2D eigenvalue weighted by molar-refractivity contribution is 6.30. The number of rotatable bonds is 7. The van der Waals surface area contributed by atoms with E-state index >= 15 is 0 Å². The van der Waals surface area contributed by atoms with Crippen molar-refractivity contribution in [1.82, 2.24) is 4.90 Å². The molecular weight excluding hydrogens is 461 g/mol. The van der Waals surface area contributed by atoms with Gasteiger partial charge in [-0.3, -0.25) is 9.59 Å². The fourth-order valence-electron chi connectivity index (χ4n) is 3.73. The summed E-state index contributed by atoms with van der Waals surface area (Å²) in [6, 6.07) is 17.0. The van der Waals surface area contributed by atoms with Crippen molar-refractivity contribution in [2.45, 2.75) is 19.0 Å². The second kappa shape index (κ2) is 9.93. The summed E-state index contributed by atoms with van der Waals surface area (Å²) in [7, 11) is 1.53. The lowest BCUT2D eigenvalue weighted by Gasteiger charge is -2.22. The fraction of sp³-hybridized carbons (Fsp3) is 0.160. The molecule has 0 aliphatic carbocycles. The highest BCUT2D eigenvalue weighted by atomic mass is 35.5. The Bertz CT molecular complexity index is 1220. The average Bonchev–Trinajstić information content (AvgIpc) is 3.05. The van der Waals surface area contributed by atoms with Crippen LogP contribution in [0.2, 0.25) is 5.02 Å². The van der Waals surface area contributed by atoms with Crippen LogP contribution >= 0.6 is 11.6 Å². The number of carbonyl (C=O) groups excluding carboxylic acids is 3. The van der Waals surface area contributed by atoms with Crippen molar-refractivity contribution in [3.63, 3.8) is 0 Å². The molecule has 1 N–H and O–H groups in total. The quantitative estimate of drug-likeness (QED) is 0.489. The van der Waals surface area contributed by atoms with E-state index in [4.69, 9.17) is 16.3 Å². The molecule has 1 saturated heterocycles. The maximum absolute atomic E-state index is 13.4. The molecular formula is C25H21ClFN3O4. The SMILES string of the molecule is COc1cccc(CN2C(=O)N(c3ccc(F)cc3)C(=O)C2CC(=O)Nc2ccc(Cl)cc2)c1. The Morgan fingerprint density at radius 1 is 1.06 bits per heavy atom. The summed E-state index contributed by atoms with van der Waals surface area (Å²) in [5, 5.41) is 3.24. The second-order valence-corrected chi connectivity index (χ2v) is 8.12. The number of carbonyl (C=O) groups is 3. The van der Waals surface area contributed by atoms with Gasteiger partial charge >= 0.3 is 6.03 Å². The van der Waals surface area contributed by atoms with E-state index in [0.717, 1.165) is 10.5 Å². The third-order valence-electron chi connectivity index (χ3n) is 5.40. The molecule has 1 unspecified atom stereocenters. The number of halogens is 2. The Balaban J connectivity index is 1.61. The molecule has 0 spiro atoms. The first kappa shape index (κ1) is 23.3. The van der Waals surface area contributed by atoms with Gasteiger partial charge < -0.3 is 15.0 Å². The van der Waals surface area contributed by atoms with Crippen LogP contribution in [-0.2, 0) is 16.1 Å². The molecule has 1 heterocycles. The summed E-state index contributed by atoms with van der Waals surface area (Å²) in [6.07, 6.45) is -0.255. The number of anilines is 2. The Kier molecular flexibility index (Phi) is 6.79. The summed E-state index contributed by atoms with van der Waals surface area (Å²) >= 11 is 5.88. The number of hydrogen-bond acceptors (Lipinski definition) is 4. The summed E-state index contributed by atoms with van der Waals surface area (Å²) in [4.78, 5) is 41.7. The van der Waals surface area contributed by atoms with Crippen molar-refractivity contribution < 1.29 is 23.5 Å². The first-order valence-electron chi connectivity index (χ1n) is 10.4. The van der Waals surface area contributed by atoms with E-state index in [0.29, 0.717) is 16.5 Å². The smallest absolute Gasteiger partial charge is 0.332 e. The first-order valence-corrected chi connectivity index (χ1v) is 10.8. The van der Waals surface area contributed by atoms with E-state index in [2.05, 4.69) is 5.32 Å². The molecule has 1 fully saturated rings. The third-order valence-corrected chi connectivity index (χ3v) is 5.65. The van der Waals surface area contributed by atoms with E-state index < -0.39 is 29.7 Å². The second-order valence-electron chi connectivity index (χ2n) is 7.69. The number of methoxy groups -OCH3 is 1. The first-order chi connectivity index (χ1) is 16.4. The van der Waals surface area contributed by atoms with Crippen molar-refractivity contribution >= 4 is 40.8 Å². The molecule has 34 heavy (non-hydrogen) atoms. The summed E-state index contributed by atoms with van der Waals surface area (Å²) in [5.41, 5.74) is 1.47. The number of nitrogens with zero attached hydrogens (tertiary/aromatic N) is 2. The van der Waals surface area contributed by atoms with Crippen molar-refractivity contribution in [1.29, 1.82) is 0 Å². The van der Waals surface area contributed by atoms with E-state index in [9.17, 15) is 18.8 Å². The molecule has 174 valence electrons. The zero-order valence-electron chi connectivity index (χ0n) is 18.2. The molecule has 1 aliphatic rings. The van der Waals surface area contributed by atoms with Crippen LogP contribution in [-0.4, -0.2) is 35.9 Å².